The van der Waals surface area contributed by atoms with Crippen LogP contribution in [0.2, 0.25) is 0 Å². The largest absolute Gasteiger partial charge is 0.457 e. The van der Waals surface area contributed by atoms with Crippen LogP contribution in [0.25, 0.3) is 22.3 Å². The van der Waals surface area contributed by atoms with Crippen molar-refractivity contribution in [2.75, 3.05) is 18.8 Å². The first-order valence-corrected chi connectivity index (χ1v) is 12.7. The smallest absolute Gasteiger partial charge is 0.226 e. The van der Waals surface area contributed by atoms with Gasteiger partial charge in [0.1, 0.15) is 29.3 Å². The van der Waals surface area contributed by atoms with E-state index in [0.29, 0.717) is 18.3 Å². The van der Waals surface area contributed by atoms with Gasteiger partial charge in [-0.05, 0) is 67.5 Å². The van der Waals surface area contributed by atoms with Crippen molar-refractivity contribution in [1.29, 1.82) is 0 Å². The molecule has 4 aromatic rings. The molecular formula is C29H29N6O2. The Balaban J connectivity index is 1.19. The number of likely N-dealkylation sites (tertiary alicyclic amines) is 1. The number of carbonyl (C=O) groups is 1. The van der Waals surface area contributed by atoms with Crippen LogP contribution in [0.15, 0.2) is 67.0 Å². The van der Waals surface area contributed by atoms with Gasteiger partial charge in [0.05, 0.1) is 5.39 Å². The third-order valence-corrected chi connectivity index (χ3v) is 7.43. The number of ether oxygens (including phenoxy) is 1. The number of benzene rings is 2. The number of hydrogen-bond acceptors (Lipinski definition) is 6. The number of nitrogen functional groups attached to an aromatic ring is 1. The number of fused-ring (bicyclic) bond motifs is 1. The number of nitrogens with zero attached hydrogens (tertiary/aromatic N) is 5. The molecule has 0 spiro atoms. The van der Waals surface area contributed by atoms with Crippen LogP contribution in [-0.2, 0) is 11.3 Å². The highest BCUT2D eigenvalue weighted by Crippen LogP contribution is 2.41. The van der Waals surface area contributed by atoms with E-state index < -0.39 is 0 Å². The van der Waals surface area contributed by atoms with Gasteiger partial charge < -0.3 is 15.4 Å². The number of amides is 1. The van der Waals surface area contributed by atoms with Crippen molar-refractivity contribution in [2.45, 2.75) is 25.8 Å². The predicted molar refractivity (Wildman–Crippen MR) is 141 cm³/mol. The third-order valence-electron chi connectivity index (χ3n) is 7.43. The molecule has 1 aliphatic heterocycles. The summed E-state index contributed by atoms with van der Waals surface area (Å²) in [7, 11) is 0. The molecule has 1 saturated carbocycles. The van der Waals surface area contributed by atoms with E-state index in [9.17, 15) is 4.79 Å². The van der Waals surface area contributed by atoms with Gasteiger partial charge in [0.2, 0.25) is 5.91 Å². The summed E-state index contributed by atoms with van der Waals surface area (Å²) in [4.78, 5) is 23.4. The monoisotopic (exact) mass is 493 g/mol. The molecule has 2 unspecified atom stereocenters. The minimum Gasteiger partial charge on any atom is -0.457 e. The second-order valence-corrected chi connectivity index (χ2v) is 9.89. The number of rotatable bonds is 7. The molecule has 0 bridgehead atoms. The zero-order valence-electron chi connectivity index (χ0n) is 20.5. The Morgan fingerprint density at radius 2 is 1.78 bits per heavy atom. The maximum Gasteiger partial charge on any atom is 0.226 e. The topological polar surface area (TPSA) is 99.2 Å². The molecule has 2 N–H and O–H groups in total. The Bertz CT molecular complexity index is 1420. The average molecular weight is 494 g/mol. The van der Waals surface area contributed by atoms with Gasteiger partial charge in [-0.25, -0.2) is 14.6 Å². The van der Waals surface area contributed by atoms with Crippen LogP contribution in [0.4, 0.5) is 5.82 Å². The van der Waals surface area contributed by atoms with E-state index in [4.69, 9.17) is 22.1 Å². The summed E-state index contributed by atoms with van der Waals surface area (Å²) in [5.74, 6) is 2.92. The molecule has 3 heterocycles. The first-order valence-electron chi connectivity index (χ1n) is 12.7. The summed E-state index contributed by atoms with van der Waals surface area (Å²) >= 11 is 0. The van der Waals surface area contributed by atoms with Gasteiger partial charge in [0.15, 0.2) is 5.65 Å². The van der Waals surface area contributed by atoms with Crippen LogP contribution in [-0.4, -0.2) is 43.6 Å². The van der Waals surface area contributed by atoms with Gasteiger partial charge in [-0.2, -0.15) is 5.10 Å². The number of anilines is 1. The summed E-state index contributed by atoms with van der Waals surface area (Å²) < 4.78 is 7.88. The molecule has 2 fully saturated rings. The van der Waals surface area contributed by atoms with Gasteiger partial charge in [0.25, 0.3) is 0 Å². The summed E-state index contributed by atoms with van der Waals surface area (Å²) in [5.41, 5.74) is 8.70. The van der Waals surface area contributed by atoms with Crippen molar-refractivity contribution in [3.05, 3.63) is 73.6 Å². The first-order chi connectivity index (χ1) is 18.1. The van der Waals surface area contributed by atoms with E-state index in [2.05, 4.69) is 9.97 Å². The fourth-order valence-electron chi connectivity index (χ4n) is 5.19. The molecule has 1 saturated heterocycles. The molecule has 1 aliphatic carbocycles. The summed E-state index contributed by atoms with van der Waals surface area (Å²) in [6.45, 7) is 7.86. The molecule has 8 nitrogen and oxygen atoms in total. The van der Waals surface area contributed by atoms with Gasteiger partial charge in [-0.15, -0.1) is 0 Å². The number of allylic oxidation sites excluding steroid dienone is 1. The second kappa shape index (κ2) is 9.69. The molecule has 6 rings (SSSR count). The number of piperidine rings is 1. The third kappa shape index (κ3) is 4.67. The van der Waals surface area contributed by atoms with Crippen LogP contribution in [0, 0.1) is 24.3 Å². The molecule has 187 valence electrons. The zero-order chi connectivity index (χ0) is 25.4. The van der Waals surface area contributed by atoms with Gasteiger partial charge in [-0.1, -0.05) is 30.9 Å². The Morgan fingerprint density at radius 1 is 1.05 bits per heavy atom. The predicted octanol–water partition coefficient (Wildman–Crippen LogP) is 4.73. The Kier molecular flexibility index (Phi) is 6.08. The SMILES string of the molecule is [CH]=CC1CC1C(=O)N1CCC(Cn2nc(-c3ccc(Oc4ccccc4)cc3)c3c(N)ncnc32)CC1. The van der Waals surface area contributed by atoms with E-state index in [1.165, 1.54) is 6.33 Å². The number of para-hydroxylation sites is 1. The Hall–Kier alpha value is -4.20. The van der Waals surface area contributed by atoms with Crippen LogP contribution in [0.5, 0.6) is 11.5 Å². The van der Waals surface area contributed by atoms with Crippen molar-refractivity contribution >= 4 is 22.8 Å². The average Bonchev–Trinajstić information content (AvgIpc) is 3.64. The van der Waals surface area contributed by atoms with Crippen molar-refractivity contribution in [3.63, 3.8) is 0 Å². The molecule has 1 radical (unpaired) electrons. The normalized spacial score (nSPS) is 19.6. The molecule has 2 aromatic carbocycles. The van der Waals surface area contributed by atoms with Crippen molar-refractivity contribution in [2.24, 2.45) is 17.8 Å². The van der Waals surface area contributed by atoms with Crippen molar-refractivity contribution < 1.29 is 9.53 Å². The molecule has 8 heteroatoms. The fourth-order valence-corrected chi connectivity index (χ4v) is 5.19. The van der Waals surface area contributed by atoms with Gasteiger partial charge in [-0.3, -0.25) is 4.79 Å². The molecule has 37 heavy (non-hydrogen) atoms. The maximum atomic E-state index is 12.7. The van der Waals surface area contributed by atoms with Crippen LogP contribution in [0.3, 0.4) is 0 Å². The molecule has 2 aromatic heterocycles. The number of aromatic nitrogens is 4. The van der Waals surface area contributed by atoms with E-state index in [-0.39, 0.29) is 17.7 Å². The summed E-state index contributed by atoms with van der Waals surface area (Å²) in [6.07, 6.45) is 5.89. The van der Waals surface area contributed by atoms with E-state index >= 15 is 0 Å². The Morgan fingerprint density at radius 3 is 2.49 bits per heavy atom. The minimum atomic E-state index is 0.0864. The summed E-state index contributed by atoms with van der Waals surface area (Å²) in [6, 6.07) is 17.5. The van der Waals surface area contributed by atoms with E-state index in [1.54, 1.807) is 6.08 Å². The minimum absolute atomic E-state index is 0.0864. The first kappa shape index (κ1) is 23.2. The van der Waals surface area contributed by atoms with E-state index in [1.807, 2.05) is 64.2 Å². The quantitative estimate of drug-likeness (QED) is 0.400. The zero-order valence-corrected chi connectivity index (χ0v) is 20.5. The standard InChI is InChI=1S/C29H29N6O2/c1-2-20-16-24(20)29(36)34-14-12-19(13-15-34)17-35-28-25(27(30)31-18-32-28)26(33-35)21-8-10-23(11-9-21)37-22-6-4-3-5-7-22/h1-11,18-20,24H,12-17H2,(H2,30,31,32). The highest BCUT2D eigenvalue weighted by atomic mass is 16.5. The number of carbonyl (C=O) groups excluding carboxylic acids is 1. The Labute approximate surface area is 215 Å². The van der Waals surface area contributed by atoms with Crippen LogP contribution >= 0.6 is 0 Å². The lowest BCUT2D eigenvalue weighted by Crippen LogP contribution is -2.40. The highest BCUT2D eigenvalue weighted by molar-refractivity contribution is 5.98. The van der Waals surface area contributed by atoms with Crippen LogP contribution in [0.1, 0.15) is 19.3 Å². The molecule has 1 amide bonds. The van der Waals surface area contributed by atoms with E-state index in [0.717, 1.165) is 66.1 Å². The number of nitrogens with two attached hydrogens (primary N) is 1. The van der Waals surface area contributed by atoms with Crippen molar-refractivity contribution in [1.82, 2.24) is 24.6 Å². The van der Waals surface area contributed by atoms with Crippen molar-refractivity contribution in [3.8, 4) is 22.8 Å². The second-order valence-electron chi connectivity index (χ2n) is 9.89. The van der Waals surface area contributed by atoms with Gasteiger partial charge in [0, 0.05) is 31.1 Å². The van der Waals surface area contributed by atoms with Gasteiger partial charge >= 0.3 is 0 Å². The lowest BCUT2D eigenvalue weighted by Gasteiger charge is -2.32. The number of hydrogen-bond donors (Lipinski definition) is 1. The lowest BCUT2D eigenvalue weighted by molar-refractivity contribution is -0.134. The van der Waals surface area contributed by atoms with Crippen LogP contribution < -0.4 is 10.5 Å². The maximum absolute atomic E-state index is 12.7. The lowest BCUT2D eigenvalue weighted by atomic mass is 9.96. The molecular weight excluding hydrogens is 464 g/mol. The fraction of sp³-hybridized carbons (Fsp3) is 0.310. The molecule has 2 aliphatic rings. The summed E-state index contributed by atoms with van der Waals surface area (Å²) in [5, 5.41) is 5.69. The highest BCUT2D eigenvalue weighted by Gasteiger charge is 2.43. The molecule has 2 atom stereocenters.